The normalized spacial score (nSPS) is 19.8. The lowest BCUT2D eigenvalue weighted by atomic mass is 10.1. The van der Waals surface area contributed by atoms with Gasteiger partial charge in [0.2, 0.25) is 5.91 Å². The minimum Gasteiger partial charge on any atom is -0.495 e. The first-order chi connectivity index (χ1) is 13.6. The molecule has 7 nitrogen and oxygen atoms in total. The first-order valence-electron chi connectivity index (χ1n) is 10.3. The summed E-state index contributed by atoms with van der Waals surface area (Å²) in [4.78, 5) is 23.1. The number of anilines is 1. The number of piperazine rings is 1. The van der Waals surface area contributed by atoms with Crippen LogP contribution in [-0.4, -0.2) is 81.1 Å². The van der Waals surface area contributed by atoms with Crippen LogP contribution >= 0.6 is 24.0 Å². The monoisotopic (exact) mass is 515 g/mol. The smallest absolute Gasteiger partial charge is 0.219 e. The van der Waals surface area contributed by atoms with E-state index >= 15 is 0 Å². The molecule has 0 bridgehead atoms. The Morgan fingerprint density at radius 1 is 1.17 bits per heavy atom. The number of nitrogens with one attached hydrogen (secondary N) is 1. The van der Waals surface area contributed by atoms with Gasteiger partial charge in [-0.3, -0.25) is 9.79 Å². The van der Waals surface area contributed by atoms with Gasteiger partial charge in [0, 0.05) is 59.3 Å². The second-order valence-electron chi connectivity index (χ2n) is 7.46. The van der Waals surface area contributed by atoms with Crippen LogP contribution in [0.5, 0.6) is 5.75 Å². The van der Waals surface area contributed by atoms with Crippen LogP contribution in [0.25, 0.3) is 0 Å². The number of hydrogen-bond acceptors (Lipinski definition) is 4. The molecule has 8 heteroatoms. The zero-order valence-electron chi connectivity index (χ0n) is 17.8. The van der Waals surface area contributed by atoms with E-state index in [1.165, 1.54) is 5.69 Å². The van der Waals surface area contributed by atoms with Crippen LogP contribution < -0.4 is 15.0 Å². The van der Waals surface area contributed by atoms with Gasteiger partial charge in [-0.15, -0.1) is 24.0 Å². The Hall–Kier alpha value is -1.71. The highest BCUT2D eigenvalue weighted by atomic mass is 127. The van der Waals surface area contributed by atoms with E-state index in [-0.39, 0.29) is 29.9 Å². The number of guanidine groups is 1. The molecule has 2 heterocycles. The highest BCUT2D eigenvalue weighted by Crippen LogP contribution is 2.32. The molecule has 1 aromatic carbocycles. The number of rotatable bonds is 5. The Morgan fingerprint density at radius 2 is 1.86 bits per heavy atom. The van der Waals surface area contributed by atoms with Gasteiger partial charge < -0.3 is 24.8 Å². The van der Waals surface area contributed by atoms with E-state index in [2.05, 4.69) is 34.2 Å². The molecule has 1 atom stereocenters. The van der Waals surface area contributed by atoms with Gasteiger partial charge in [-0.25, -0.2) is 0 Å². The predicted octanol–water partition coefficient (Wildman–Crippen LogP) is 2.27. The van der Waals surface area contributed by atoms with Crippen molar-refractivity contribution in [2.24, 2.45) is 10.9 Å². The number of aliphatic imine (C=N–C) groups is 1. The molecule has 162 valence electrons. The van der Waals surface area contributed by atoms with Crippen molar-refractivity contribution in [2.45, 2.75) is 20.3 Å². The van der Waals surface area contributed by atoms with E-state index in [1.54, 1.807) is 14.0 Å². The number of hydrogen-bond donors (Lipinski definition) is 1. The zero-order chi connectivity index (χ0) is 19.9. The quantitative estimate of drug-likeness (QED) is 0.371. The summed E-state index contributed by atoms with van der Waals surface area (Å²) in [6.45, 7) is 10.7. The van der Waals surface area contributed by atoms with Crippen LogP contribution in [-0.2, 0) is 4.79 Å². The Balaban J connectivity index is 0.00000300. The van der Waals surface area contributed by atoms with Crippen LogP contribution in [0.2, 0.25) is 0 Å². The minimum absolute atomic E-state index is 0. The van der Waals surface area contributed by atoms with Crippen LogP contribution in [0.3, 0.4) is 0 Å². The molecule has 0 saturated carbocycles. The first kappa shape index (κ1) is 23.6. The third-order valence-corrected chi connectivity index (χ3v) is 5.57. The van der Waals surface area contributed by atoms with E-state index in [9.17, 15) is 4.79 Å². The number of amides is 1. The van der Waals surface area contributed by atoms with Crippen LogP contribution in [0.1, 0.15) is 20.3 Å². The third kappa shape index (κ3) is 6.13. The molecule has 2 fully saturated rings. The topological polar surface area (TPSA) is 60.4 Å². The molecule has 2 aliphatic heterocycles. The summed E-state index contributed by atoms with van der Waals surface area (Å²) in [5.74, 6) is 2.60. The third-order valence-electron chi connectivity index (χ3n) is 5.57. The molecule has 29 heavy (non-hydrogen) atoms. The average Bonchev–Trinajstić information content (AvgIpc) is 3.20. The van der Waals surface area contributed by atoms with Gasteiger partial charge >= 0.3 is 0 Å². The Kier molecular flexibility index (Phi) is 9.32. The maximum Gasteiger partial charge on any atom is 0.219 e. The minimum atomic E-state index is 0. The lowest BCUT2D eigenvalue weighted by Gasteiger charge is -2.36. The lowest BCUT2D eigenvalue weighted by Crippen LogP contribution is -2.53. The van der Waals surface area contributed by atoms with Crippen molar-refractivity contribution >= 4 is 41.5 Å². The highest BCUT2D eigenvalue weighted by molar-refractivity contribution is 14.0. The highest BCUT2D eigenvalue weighted by Gasteiger charge is 2.25. The Morgan fingerprint density at radius 3 is 2.52 bits per heavy atom. The summed E-state index contributed by atoms with van der Waals surface area (Å²) in [6.07, 6.45) is 1.14. The molecule has 0 aliphatic carbocycles. The summed E-state index contributed by atoms with van der Waals surface area (Å²) in [7, 11) is 1.73. The summed E-state index contributed by atoms with van der Waals surface area (Å²) in [5.41, 5.74) is 1.17. The second kappa shape index (κ2) is 11.5. The van der Waals surface area contributed by atoms with Crippen LogP contribution in [0.15, 0.2) is 29.3 Å². The number of halogens is 1. The molecule has 2 saturated heterocycles. The maximum absolute atomic E-state index is 11.5. The fourth-order valence-electron chi connectivity index (χ4n) is 3.97. The van der Waals surface area contributed by atoms with Crippen molar-refractivity contribution in [3.63, 3.8) is 0 Å². The SMILES string of the molecule is CCNC(=NCC1CCN(c2ccccc2OC)C1)N1CCN(C(C)=O)CC1.I. The number of methoxy groups -OCH3 is 1. The molecule has 2 aliphatic rings. The van der Waals surface area contributed by atoms with Crippen molar-refractivity contribution in [2.75, 3.05) is 64.4 Å². The predicted molar refractivity (Wildman–Crippen MR) is 129 cm³/mol. The number of benzene rings is 1. The molecule has 1 unspecified atom stereocenters. The Labute approximate surface area is 191 Å². The fourth-order valence-corrected chi connectivity index (χ4v) is 3.97. The molecule has 0 aromatic heterocycles. The van der Waals surface area contributed by atoms with Gasteiger partial charge in [0.15, 0.2) is 5.96 Å². The van der Waals surface area contributed by atoms with Gasteiger partial charge in [0.1, 0.15) is 5.75 Å². The maximum atomic E-state index is 11.5. The largest absolute Gasteiger partial charge is 0.495 e. The zero-order valence-corrected chi connectivity index (χ0v) is 20.1. The van der Waals surface area contributed by atoms with E-state index in [0.29, 0.717) is 5.92 Å². The van der Waals surface area contributed by atoms with Crippen molar-refractivity contribution in [1.29, 1.82) is 0 Å². The Bertz CT molecular complexity index is 691. The summed E-state index contributed by atoms with van der Waals surface area (Å²) in [6, 6.07) is 8.22. The standard InChI is InChI=1S/C21H33N5O2.HI/c1-4-22-21(25-13-11-24(12-14-25)17(2)27)23-15-18-9-10-26(16-18)19-7-5-6-8-20(19)28-3;/h5-8,18H,4,9-16H2,1-3H3,(H,22,23);1H. The fraction of sp³-hybridized carbons (Fsp3) is 0.619. The molecule has 0 radical (unpaired) electrons. The van der Waals surface area contributed by atoms with E-state index in [4.69, 9.17) is 9.73 Å². The van der Waals surface area contributed by atoms with Crippen LogP contribution in [0.4, 0.5) is 5.69 Å². The molecular formula is C21H34IN5O2. The lowest BCUT2D eigenvalue weighted by molar-refractivity contribution is -0.130. The molecule has 1 N–H and O–H groups in total. The van der Waals surface area contributed by atoms with Gasteiger partial charge in [0.05, 0.1) is 12.8 Å². The summed E-state index contributed by atoms with van der Waals surface area (Å²) < 4.78 is 5.51. The molecule has 1 aromatic rings. The van der Waals surface area contributed by atoms with E-state index in [0.717, 1.165) is 70.5 Å². The van der Waals surface area contributed by atoms with Gasteiger partial charge in [0.25, 0.3) is 0 Å². The average molecular weight is 515 g/mol. The van der Waals surface area contributed by atoms with Gasteiger partial charge in [-0.05, 0) is 31.4 Å². The van der Waals surface area contributed by atoms with Gasteiger partial charge in [-0.2, -0.15) is 0 Å². The molecule has 1 amide bonds. The number of nitrogens with zero attached hydrogens (tertiary/aromatic N) is 4. The summed E-state index contributed by atoms with van der Waals surface area (Å²) >= 11 is 0. The molecule has 0 spiro atoms. The van der Waals surface area contributed by atoms with Crippen molar-refractivity contribution < 1.29 is 9.53 Å². The molecular weight excluding hydrogens is 481 g/mol. The van der Waals surface area contributed by atoms with Crippen molar-refractivity contribution in [3.05, 3.63) is 24.3 Å². The molecule has 3 rings (SSSR count). The number of ether oxygens (including phenoxy) is 1. The number of carbonyl (C=O) groups excluding carboxylic acids is 1. The van der Waals surface area contributed by atoms with Crippen molar-refractivity contribution in [1.82, 2.24) is 15.1 Å². The van der Waals surface area contributed by atoms with Gasteiger partial charge in [-0.1, -0.05) is 12.1 Å². The first-order valence-corrected chi connectivity index (χ1v) is 10.3. The number of carbonyl (C=O) groups is 1. The second-order valence-corrected chi connectivity index (χ2v) is 7.46. The van der Waals surface area contributed by atoms with E-state index in [1.807, 2.05) is 17.0 Å². The van der Waals surface area contributed by atoms with Crippen LogP contribution in [0, 0.1) is 5.92 Å². The van der Waals surface area contributed by atoms with Crippen molar-refractivity contribution in [3.8, 4) is 5.75 Å². The van der Waals surface area contributed by atoms with E-state index < -0.39 is 0 Å². The summed E-state index contributed by atoms with van der Waals surface area (Å²) in [5, 5.41) is 3.42. The number of para-hydroxylation sites is 2.